The van der Waals surface area contributed by atoms with Crippen LogP contribution in [-0.4, -0.2) is 11.1 Å². The number of hydrogen-bond donors (Lipinski definition) is 2. The Morgan fingerprint density at radius 1 is 1.44 bits per heavy atom. The van der Waals surface area contributed by atoms with Crippen molar-refractivity contribution in [3.63, 3.8) is 0 Å². The maximum Gasteiger partial charge on any atom is 0.228 e. The molecule has 0 saturated carbocycles. The van der Waals surface area contributed by atoms with Crippen LogP contribution in [0, 0.1) is 0 Å². The summed E-state index contributed by atoms with van der Waals surface area (Å²) in [4.78, 5) is 11.3. The van der Waals surface area contributed by atoms with Gasteiger partial charge in [0.15, 0.2) is 0 Å². The molecule has 0 bridgehead atoms. The molecular weight excluding hydrogens is 206 g/mol. The summed E-state index contributed by atoms with van der Waals surface area (Å²) in [5, 5.41) is 6.65. The van der Waals surface area contributed by atoms with Gasteiger partial charge >= 0.3 is 0 Å². The number of carbonyl (C=O) groups is 1. The van der Waals surface area contributed by atoms with Gasteiger partial charge in [-0.25, -0.2) is 0 Å². The number of nitrogens with one attached hydrogen (secondary N) is 1. The fourth-order valence-corrected chi connectivity index (χ4v) is 1.88. The molecule has 1 aliphatic heterocycles. The van der Waals surface area contributed by atoms with Gasteiger partial charge in [0.25, 0.3) is 0 Å². The molecule has 0 radical (unpaired) electrons. The number of carbonyl (C=O) groups excluding carboxylic acids is 1. The van der Waals surface area contributed by atoms with Crippen molar-refractivity contribution in [1.82, 2.24) is 5.16 Å². The van der Waals surface area contributed by atoms with E-state index in [1.807, 2.05) is 18.2 Å². The Morgan fingerprint density at radius 2 is 2.31 bits per heavy atom. The molecule has 3 N–H and O–H groups in total. The average Bonchev–Trinajstić information content (AvgIpc) is 2.82. The van der Waals surface area contributed by atoms with E-state index in [4.69, 9.17) is 10.3 Å². The summed E-state index contributed by atoms with van der Waals surface area (Å²) >= 11 is 0. The Morgan fingerprint density at radius 3 is 3.06 bits per heavy atom. The first-order chi connectivity index (χ1) is 7.74. The average molecular weight is 215 g/mol. The van der Waals surface area contributed by atoms with Crippen molar-refractivity contribution < 1.29 is 9.32 Å². The molecule has 0 saturated heterocycles. The zero-order valence-electron chi connectivity index (χ0n) is 8.36. The van der Waals surface area contributed by atoms with Gasteiger partial charge in [-0.3, -0.25) is 4.79 Å². The standard InChI is InChI=1S/C11H9N3O2/c12-9-5-8(14-16-9)7-3-1-2-6-4-10(15)13-11(6)7/h1-3,5H,4,12H2,(H,13,15). The molecule has 1 aromatic heterocycles. The molecule has 1 aliphatic rings. The SMILES string of the molecule is Nc1cc(-c2cccc3c2NC(=O)C3)no1. The summed E-state index contributed by atoms with van der Waals surface area (Å²) < 4.78 is 4.82. The fraction of sp³-hybridized carbons (Fsp3) is 0.0909. The maximum absolute atomic E-state index is 11.3. The minimum atomic E-state index is -0.00100. The van der Waals surface area contributed by atoms with Crippen LogP contribution in [0.1, 0.15) is 5.56 Å². The first-order valence-corrected chi connectivity index (χ1v) is 4.88. The van der Waals surface area contributed by atoms with E-state index in [9.17, 15) is 4.79 Å². The Kier molecular flexibility index (Phi) is 1.73. The molecule has 2 aromatic rings. The number of fused-ring (bicyclic) bond motifs is 1. The highest BCUT2D eigenvalue weighted by atomic mass is 16.5. The third kappa shape index (κ3) is 1.25. The first-order valence-electron chi connectivity index (χ1n) is 4.88. The number of para-hydroxylation sites is 1. The van der Waals surface area contributed by atoms with Gasteiger partial charge in [-0.05, 0) is 5.56 Å². The van der Waals surface area contributed by atoms with Gasteiger partial charge in [0.05, 0.1) is 12.1 Å². The van der Waals surface area contributed by atoms with Crippen molar-refractivity contribution in [2.24, 2.45) is 0 Å². The predicted molar refractivity (Wildman–Crippen MR) is 58.7 cm³/mol. The van der Waals surface area contributed by atoms with Crippen LogP contribution in [0.2, 0.25) is 0 Å². The smallest absolute Gasteiger partial charge is 0.228 e. The molecule has 2 heterocycles. The van der Waals surface area contributed by atoms with Crippen LogP contribution in [0.4, 0.5) is 11.6 Å². The zero-order chi connectivity index (χ0) is 11.1. The van der Waals surface area contributed by atoms with Crippen LogP contribution in [-0.2, 0) is 11.2 Å². The lowest BCUT2D eigenvalue weighted by atomic mass is 10.1. The molecule has 16 heavy (non-hydrogen) atoms. The van der Waals surface area contributed by atoms with E-state index >= 15 is 0 Å². The minimum Gasteiger partial charge on any atom is -0.368 e. The summed E-state index contributed by atoms with van der Waals surface area (Å²) in [5.74, 6) is 0.260. The second-order valence-electron chi connectivity index (χ2n) is 3.68. The lowest BCUT2D eigenvalue weighted by molar-refractivity contribution is -0.115. The lowest BCUT2D eigenvalue weighted by Gasteiger charge is -2.03. The van der Waals surface area contributed by atoms with Gasteiger partial charge in [-0.15, -0.1) is 0 Å². The number of rotatable bonds is 1. The minimum absolute atomic E-state index is 0.00100. The number of amides is 1. The summed E-state index contributed by atoms with van der Waals surface area (Å²) in [7, 11) is 0. The second-order valence-corrected chi connectivity index (χ2v) is 3.68. The number of anilines is 2. The molecule has 0 fully saturated rings. The maximum atomic E-state index is 11.3. The largest absolute Gasteiger partial charge is 0.368 e. The first kappa shape index (κ1) is 8.96. The molecular formula is C11H9N3O2. The summed E-state index contributed by atoms with van der Waals surface area (Å²) in [6.45, 7) is 0. The van der Waals surface area contributed by atoms with Crippen LogP contribution >= 0.6 is 0 Å². The van der Waals surface area contributed by atoms with Gasteiger partial charge in [0, 0.05) is 11.6 Å². The molecule has 5 heteroatoms. The van der Waals surface area contributed by atoms with Gasteiger partial charge in [-0.1, -0.05) is 23.4 Å². The van der Waals surface area contributed by atoms with Crippen molar-refractivity contribution in [2.45, 2.75) is 6.42 Å². The lowest BCUT2D eigenvalue weighted by Crippen LogP contribution is -2.04. The topological polar surface area (TPSA) is 81.1 Å². The Hall–Kier alpha value is -2.30. The summed E-state index contributed by atoms with van der Waals surface area (Å²) in [6, 6.07) is 7.32. The van der Waals surface area contributed by atoms with E-state index in [-0.39, 0.29) is 11.8 Å². The molecule has 5 nitrogen and oxygen atoms in total. The molecule has 3 rings (SSSR count). The third-order valence-corrected chi connectivity index (χ3v) is 2.57. The van der Waals surface area contributed by atoms with Crippen LogP contribution in [0.15, 0.2) is 28.8 Å². The monoisotopic (exact) mass is 215 g/mol. The number of nitrogens with two attached hydrogens (primary N) is 1. The van der Waals surface area contributed by atoms with Crippen molar-refractivity contribution >= 4 is 17.5 Å². The summed E-state index contributed by atoms with van der Waals surface area (Å²) in [5.41, 5.74) is 8.73. The Bertz CT molecular complexity index is 574. The number of nitrogens with zero attached hydrogens (tertiary/aromatic N) is 1. The highest BCUT2D eigenvalue weighted by Gasteiger charge is 2.22. The van der Waals surface area contributed by atoms with Gasteiger partial charge in [0.1, 0.15) is 5.69 Å². The van der Waals surface area contributed by atoms with Gasteiger partial charge in [0.2, 0.25) is 11.8 Å². The number of nitrogen functional groups attached to an aromatic ring is 1. The van der Waals surface area contributed by atoms with Crippen LogP contribution < -0.4 is 11.1 Å². The van der Waals surface area contributed by atoms with E-state index in [2.05, 4.69) is 10.5 Å². The zero-order valence-corrected chi connectivity index (χ0v) is 8.36. The van der Waals surface area contributed by atoms with Crippen LogP contribution in [0.25, 0.3) is 11.3 Å². The molecule has 0 aliphatic carbocycles. The Labute approximate surface area is 91.2 Å². The number of benzene rings is 1. The van der Waals surface area contributed by atoms with Crippen molar-refractivity contribution in [3.8, 4) is 11.3 Å². The van der Waals surface area contributed by atoms with Crippen molar-refractivity contribution in [2.75, 3.05) is 11.1 Å². The third-order valence-electron chi connectivity index (χ3n) is 2.57. The second kappa shape index (κ2) is 3.10. The Balaban J connectivity index is 2.16. The molecule has 0 unspecified atom stereocenters. The number of aromatic nitrogens is 1. The van der Waals surface area contributed by atoms with E-state index in [1.54, 1.807) is 6.07 Å². The normalized spacial score (nSPS) is 13.6. The molecule has 0 spiro atoms. The highest BCUT2D eigenvalue weighted by Crippen LogP contribution is 2.34. The van der Waals surface area contributed by atoms with E-state index < -0.39 is 0 Å². The summed E-state index contributed by atoms with van der Waals surface area (Å²) in [6.07, 6.45) is 0.413. The predicted octanol–water partition coefficient (Wildman–Crippen LogP) is 1.42. The fourth-order valence-electron chi connectivity index (χ4n) is 1.88. The van der Waals surface area contributed by atoms with Crippen molar-refractivity contribution in [3.05, 3.63) is 29.8 Å². The molecule has 1 aromatic carbocycles. The highest BCUT2D eigenvalue weighted by molar-refractivity contribution is 6.03. The van der Waals surface area contributed by atoms with Crippen molar-refractivity contribution in [1.29, 1.82) is 0 Å². The molecule has 0 atom stereocenters. The number of hydrogen-bond acceptors (Lipinski definition) is 4. The van der Waals surface area contributed by atoms with Gasteiger partial charge < -0.3 is 15.6 Å². The van der Waals surface area contributed by atoms with Crippen LogP contribution in [0.5, 0.6) is 0 Å². The molecule has 80 valence electrons. The van der Waals surface area contributed by atoms with E-state index in [0.717, 1.165) is 16.8 Å². The molecule has 1 amide bonds. The van der Waals surface area contributed by atoms with Crippen LogP contribution in [0.3, 0.4) is 0 Å². The van der Waals surface area contributed by atoms with E-state index in [0.29, 0.717) is 12.1 Å². The van der Waals surface area contributed by atoms with Gasteiger partial charge in [-0.2, -0.15) is 0 Å². The van der Waals surface area contributed by atoms with E-state index in [1.165, 1.54) is 0 Å². The quantitative estimate of drug-likeness (QED) is 0.753.